The van der Waals surface area contributed by atoms with Gasteiger partial charge in [0, 0.05) is 67.6 Å². The highest BCUT2D eigenvalue weighted by Crippen LogP contribution is 2.38. The Bertz CT molecular complexity index is 1800. The number of benzene rings is 3. The second-order valence-corrected chi connectivity index (χ2v) is 11.7. The van der Waals surface area contributed by atoms with Crippen molar-refractivity contribution in [3.05, 3.63) is 102 Å². The van der Waals surface area contributed by atoms with Gasteiger partial charge >= 0.3 is 0 Å². The summed E-state index contributed by atoms with van der Waals surface area (Å²) >= 11 is 3.49. The van der Waals surface area contributed by atoms with E-state index in [0.29, 0.717) is 35.4 Å². The second-order valence-electron chi connectivity index (χ2n) is 10.7. The average molecular weight is 670 g/mol. The highest BCUT2D eigenvalue weighted by Gasteiger charge is 2.17. The first-order valence-corrected chi connectivity index (χ1v) is 15.2. The molecule has 232 valence electrons. The van der Waals surface area contributed by atoms with E-state index in [4.69, 9.17) is 4.74 Å². The Balaban J connectivity index is 1.35. The molecule has 45 heavy (non-hydrogen) atoms. The van der Waals surface area contributed by atoms with Crippen molar-refractivity contribution in [1.82, 2.24) is 19.4 Å². The zero-order valence-electron chi connectivity index (χ0n) is 25.8. The zero-order valence-corrected chi connectivity index (χ0v) is 27.4. The van der Waals surface area contributed by atoms with Gasteiger partial charge in [0.25, 0.3) is 0 Å². The maximum Gasteiger partial charge on any atom is 0.247 e. The zero-order chi connectivity index (χ0) is 31.9. The standard InChI is InChI=1S/C34H37BrN8O2/c1-6-33(44)38-26-19-27(31(45-5)20-30(26)42(3)18-17-41(2)21-23-11-13-24(35)14-12-23)39-34-36-16-15-32(40-34)37-28-22-43(4)29-10-8-7-9-25(28)29/h6-16,19-20,22H,1,17-18,21H2,2-5H3,(H,38,44)(H2,36,37,39,40). The van der Waals surface area contributed by atoms with Gasteiger partial charge < -0.3 is 35.1 Å². The van der Waals surface area contributed by atoms with Crippen LogP contribution in [0.1, 0.15) is 5.56 Å². The lowest BCUT2D eigenvalue weighted by Crippen LogP contribution is -2.31. The number of nitrogens with one attached hydrogen (secondary N) is 3. The van der Waals surface area contributed by atoms with Gasteiger partial charge in [-0.3, -0.25) is 4.79 Å². The maximum absolute atomic E-state index is 12.4. The normalized spacial score (nSPS) is 11.0. The number of anilines is 6. The number of ether oxygens (including phenoxy) is 1. The van der Waals surface area contributed by atoms with Crippen molar-refractivity contribution >= 4 is 67.3 Å². The fourth-order valence-corrected chi connectivity index (χ4v) is 5.31. The minimum atomic E-state index is -0.314. The topological polar surface area (TPSA) is 99.6 Å². The van der Waals surface area contributed by atoms with Crippen molar-refractivity contribution in [2.45, 2.75) is 6.54 Å². The Hall–Kier alpha value is -4.87. The predicted molar refractivity (Wildman–Crippen MR) is 187 cm³/mol. The minimum Gasteiger partial charge on any atom is -0.494 e. The summed E-state index contributed by atoms with van der Waals surface area (Å²) in [4.78, 5) is 25.9. The number of carbonyl (C=O) groups excluding carboxylic acids is 1. The number of hydrogen-bond donors (Lipinski definition) is 3. The Kier molecular flexibility index (Phi) is 10.0. The molecular formula is C34H37BrN8O2. The molecule has 0 bridgehead atoms. The van der Waals surface area contributed by atoms with Crippen LogP contribution in [0.25, 0.3) is 10.9 Å². The number of halogens is 1. The summed E-state index contributed by atoms with van der Waals surface area (Å²) in [6, 6.07) is 22.0. The van der Waals surface area contributed by atoms with E-state index < -0.39 is 0 Å². The van der Waals surface area contributed by atoms with Crippen molar-refractivity contribution < 1.29 is 9.53 Å². The van der Waals surface area contributed by atoms with Gasteiger partial charge in [0.1, 0.15) is 11.6 Å². The minimum absolute atomic E-state index is 0.314. The van der Waals surface area contributed by atoms with Crippen LogP contribution >= 0.6 is 15.9 Å². The predicted octanol–water partition coefficient (Wildman–Crippen LogP) is 6.92. The molecule has 10 nitrogen and oxygen atoms in total. The van der Waals surface area contributed by atoms with Gasteiger partial charge in [0.15, 0.2) is 0 Å². The molecule has 0 fully saturated rings. The van der Waals surface area contributed by atoms with E-state index in [2.05, 4.69) is 106 Å². The van der Waals surface area contributed by atoms with Gasteiger partial charge in [-0.25, -0.2) is 4.98 Å². The molecule has 0 aliphatic carbocycles. The fraction of sp³-hybridized carbons (Fsp3) is 0.206. The van der Waals surface area contributed by atoms with E-state index in [9.17, 15) is 4.79 Å². The summed E-state index contributed by atoms with van der Waals surface area (Å²) in [5, 5.41) is 10.7. The first-order valence-electron chi connectivity index (χ1n) is 14.4. The average Bonchev–Trinajstić information content (AvgIpc) is 3.35. The van der Waals surface area contributed by atoms with Crippen LogP contribution in [0.5, 0.6) is 5.75 Å². The Morgan fingerprint density at radius 2 is 1.80 bits per heavy atom. The molecule has 5 aromatic rings. The number of methoxy groups -OCH3 is 1. The largest absolute Gasteiger partial charge is 0.494 e. The molecule has 0 radical (unpaired) electrons. The molecule has 1 amide bonds. The first kappa shape index (κ1) is 31.6. The van der Waals surface area contributed by atoms with Gasteiger partial charge in [-0.1, -0.05) is 52.8 Å². The van der Waals surface area contributed by atoms with Crippen molar-refractivity contribution in [1.29, 1.82) is 0 Å². The summed E-state index contributed by atoms with van der Waals surface area (Å²) in [6.45, 7) is 5.95. The molecule has 0 aliphatic rings. The van der Waals surface area contributed by atoms with Gasteiger partial charge in [-0.05, 0) is 49.0 Å². The molecule has 3 N–H and O–H groups in total. The number of hydrogen-bond acceptors (Lipinski definition) is 8. The third-order valence-electron chi connectivity index (χ3n) is 7.42. The molecule has 5 rings (SSSR count). The first-order chi connectivity index (χ1) is 21.7. The lowest BCUT2D eigenvalue weighted by atomic mass is 10.2. The molecule has 3 aromatic carbocycles. The molecule has 0 unspecified atom stereocenters. The van der Waals surface area contributed by atoms with Gasteiger partial charge in [-0.2, -0.15) is 4.98 Å². The molecule has 0 atom stereocenters. The van der Waals surface area contributed by atoms with E-state index in [-0.39, 0.29) is 5.91 Å². The van der Waals surface area contributed by atoms with Gasteiger partial charge in [-0.15, -0.1) is 0 Å². The van der Waals surface area contributed by atoms with Crippen LogP contribution in [-0.4, -0.2) is 59.6 Å². The Morgan fingerprint density at radius 3 is 2.56 bits per heavy atom. The van der Waals surface area contributed by atoms with E-state index >= 15 is 0 Å². The number of rotatable bonds is 13. The summed E-state index contributed by atoms with van der Waals surface area (Å²) in [6.07, 6.45) is 4.96. The molecule has 11 heteroatoms. The van der Waals surface area contributed by atoms with Crippen LogP contribution in [0.4, 0.5) is 34.5 Å². The Morgan fingerprint density at radius 1 is 1.02 bits per heavy atom. The van der Waals surface area contributed by atoms with Gasteiger partial charge in [0.05, 0.1) is 29.9 Å². The van der Waals surface area contributed by atoms with E-state index in [0.717, 1.165) is 39.8 Å². The van der Waals surface area contributed by atoms with E-state index in [1.54, 1.807) is 13.3 Å². The van der Waals surface area contributed by atoms with Crippen molar-refractivity contribution in [2.24, 2.45) is 7.05 Å². The quantitative estimate of drug-likeness (QED) is 0.116. The highest BCUT2D eigenvalue weighted by atomic mass is 79.9. The van der Waals surface area contributed by atoms with Crippen molar-refractivity contribution in [3.63, 3.8) is 0 Å². The summed E-state index contributed by atoms with van der Waals surface area (Å²) in [5.41, 5.74) is 5.30. The lowest BCUT2D eigenvalue weighted by Gasteiger charge is -2.27. The van der Waals surface area contributed by atoms with Crippen LogP contribution in [-0.2, 0) is 18.4 Å². The highest BCUT2D eigenvalue weighted by molar-refractivity contribution is 9.10. The number of aromatic nitrogens is 3. The van der Waals surface area contributed by atoms with E-state index in [1.165, 1.54) is 11.6 Å². The Labute approximate surface area is 271 Å². The number of para-hydroxylation sites is 1. The molecule has 2 heterocycles. The second kappa shape index (κ2) is 14.3. The summed E-state index contributed by atoms with van der Waals surface area (Å²) in [7, 11) is 7.70. The number of amides is 1. The summed E-state index contributed by atoms with van der Waals surface area (Å²) in [5.74, 6) is 1.26. The van der Waals surface area contributed by atoms with Crippen molar-refractivity contribution in [2.75, 3.05) is 55.1 Å². The van der Waals surface area contributed by atoms with Crippen molar-refractivity contribution in [3.8, 4) is 5.75 Å². The third-order valence-corrected chi connectivity index (χ3v) is 7.95. The fourth-order valence-electron chi connectivity index (χ4n) is 5.05. The third kappa shape index (κ3) is 7.81. The number of nitrogens with zero attached hydrogens (tertiary/aromatic N) is 5. The molecule has 0 aliphatic heterocycles. The van der Waals surface area contributed by atoms with Crippen LogP contribution in [0, 0.1) is 0 Å². The summed E-state index contributed by atoms with van der Waals surface area (Å²) < 4.78 is 8.91. The van der Waals surface area contributed by atoms with E-state index in [1.807, 2.05) is 50.6 Å². The molecule has 0 spiro atoms. The SMILES string of the molecule is C=CC(=O)Nc1cc(Nc2nccc(Nc3cn(C)c4ccccc34)n2)c(OC)cc1N(C)CCN(C)Cc1ccc(Br)cc1. The molecule has 2 aromatic heterocycles. The molecular weight excluding hydrogens is 632 g/mol. The maximum atomic E-state index is 12.4. The number of carbonyl (C=O) groups is 1. The van der Waals surface area contributed by atoms with Crippen LogP contribution in [0.15, 0.2) is 96.3 Å². The van der Waals surface area contributed by atoms with Gasteiger partial charge in [0.2, 0.25) is 11.9 Å². The van der Waals surface area contributed by atoms with Crippen LogP contribution in [0.2, 0.25) is 0 Å². The van der Waals surface area contributed by atoms with Crippen LogP contribution < -0.4 is 25.6 Å². The number of likely N-dealkylation sites (N-methyl/N-ethyl adjacent to an activating group) is 2. The molecule has 0 saturated carbocycles. The smallest absolute Gasteiger partial charge is 0.247 e. The number of fused-ring (bicyclic) bond motifs is 1. The molecule has 0 saturated heterocycles. The monoisotopic (exact) mass is 668 g/mol. The van der Waals surface area contributed by atoms with Crippen LogP contribution in [0.3, 0.4) is 0 Å². The number of aryl methyl sites for hydroxylation is 1. The lowest BCUT2D eigenvalue weighted by molar-refractivity contribution is -0.111.